The third-order valence-electron chi connectivity index (χ3n) is 8.65. The van der Waals surface area contributed by atoms with E-state index in [9.17, 15) is 9.90 Å². The van der Waals surface area contributed by atoms with Gasteiger partial charge in [0.2, 0.25) is 0 Å². The molecule has 3 rings (SSSR count). The van der Waals surface area contributed by atoms with Crippen LogP contribution in [0.3, 0.4) is 0 Å². The third kappa shape index (κ3) is 7.33. The lowest BCUT2D eigenvalue weighted by atomic mass is 9.73. The van der Waals surface area contributed by atoms with Crippen molar-refractivity contribution in [3.8, 4) is 0 Å². The second kappa shape index (κ2) is 13.7. The summed E-state index contributed by atoms with van der Waals surface area (Å²) in [4.78, 5) is 14.9. The number of aliphatic hydroxyl groups excluding tert-OH is 1. The highest BCUT2D eigenvalue weighted by Crippen LogP contribution is 2.41. The molecule has 1 aliphatic rings. The van der Waals surface area contributed by atoms with Crippen LogP contribution < -0.4 is 10.4 Å². The van der Waals surface area contributed by atoms with E-state index >= 15 is 0 Å². The predicted octanol–water partition coefficient (Wildman–Crippen LogP) is 7.13. The fourth-order valence-electron chi connectivity index (χ4n) is 6.67. The van der Waals surface area contributed by atoms with E-state index in [0.29, 0.717) is 18.1 Å². The molecule has 5 nitrogen and oxygen atoms in total. The van der Waals surface area contributed by atoms with Crippen LogP contribution in [-0.4, -0.2) is 48.7 Å². The summed E-state index contributed by atoms with van der Waals surface area (Å²) in [7, 11) is -2.84. The van der Waals surface area contributed by atoms with Crippen molar-refractivity contribution in [3.05, 3.63) is 72.5 Å². The maximum atomic E-state index is 13.1. The van der Waals surface area contributed by atoms with Gasteiger partial charge in [-0.25, -0.2) is 4.79 Å². The molecular weight excluding hydrogens is 526 g/mol. The molecular formula is C35H53NO4Si. The van der Waals surface area contributed by atoms with Crippen LogP contribution in [0, 0.1) is 17.8 Å². The first kappa shape index (κ1) is 33.1. The number of benzene rings is 2. The number of ether oxygens (including phenoxy) is 1. The van der Waals surface area contributed by atoms with Crippen molar-refractivity contribution in [2.45, 2.75) is 111 Å². The van der Waals surface area contributed by atoms with Gasteiger partial charge < -0.3 is 19.2 Å². The predicted molar refractivity (Wildman–Crippen MR) is 172 cm³/mol. The minimum atomic E-state index is -2.84. The first-order valence-electron chi connectivity index (χ1n) is 15.4. The van der Waals surface area contributed by atoms with Gasteiger partial charge in [-0.15, -0.1) is 0 Å². The Morgan fingerprint density at radius 2 is 1.37 bits per heavy atom. The zero-order chi connectivity index (χ0) is 30.5. The Hall–Kier alpha value is -2.41. The van der Waals surface area contributed by atoms with Crippen molar-refractivity contribution in [2.75, 3.05) is 0 Å². The fourth-order valence-corrected chi connectivity index (χ4v) is 11.4. The van der Waals surface area contributed by atoms with E-state index in [1.54, 1.807) is 4.90 Å². The van der Waals surface area contributed by atoms with Gasteiger partial charge in [-0.05, 0) is 74.4 Å². The molecule has 2 aromatic carbocycles. The number of rotatable bonds is 10. The normalized spacial score (nSPS) is 19.7. The molecule has 0 bridgehead atoms. The molecule has 0 saturated heterocycles. The average Bonchev–Trinajstić information content (AvgIpc) is 2.90. The Morgan fingerprint density at radius 3 is 1.78 bits per heavy atom. The summed E-state index contributed by atoms with van der Waals surface area (Å²) in [6, 6.07) is 21.2. The summed E-state index contributed by atoms with van der Waals surface area (Å²) in [5.41, 5.74) is 0. The number of allylic oxidation sites excluding steroid dienone is 1. The Morgan fingerprint density at radius 1 is 0.878 bits per heavy atom. The number of nitrogens with zero attached hydrogens (tertiary/aromatic N) is 1. The van der Waals surface area contributed by atoms with E-state index < -0.39 is 20.5 Å². The quantitative estimate of drug-likeness (QED) is 0.304. The molecule has 2 aromatic rings. The van der Waals surface area contributed by atoms with Crippen molar-refractivity contribution < 1.29 is 19.1 Å². The van der Waals surface area contributed by atoms with Crippen molar-refractivity contribution in [2.24, 2.45) is 17.8 Å². The third-order valence-corrected chi connectivity index (χ3v) is 13.8. The van der Waals surface area contributed by atoms with E-state index in [-0.39, 0.29) is 35.1 Å². The lowest BCUT2D eigenvalue weighted by molar-refractivity contribution is -0.0152. The molecule has 0 saturated carbocycles. The Balaban J connectivity index is 2.00. The van der Waals surface area contributed by atoms with Crippen LogP contribution in [0.15, 0.2) is 72.5 Å². The number of hydrogen-bond acceptors (Lipinski definition) is 4. The second-order valence-electron chi connectivity index (χ2n) is 13.6. The standard InChI is InChI=1S/C35H53NO4Si/c1-24(2)31-22-21-28(39-34(38)36(25(3)4)26(5)6)23-32(31)33(37)27(7)40-41(35(8,9)10,29-17-13-11-14-18-29)30-19-15-12-16-20-30/h11-20,23-27,31-33,37H,21-22H2,1-10H3/t27-,31+,32-,33-/m0/s1. The lowest BCUT2D eigenvalue weighted by Gasteiger charge is -2.46. The molecule has 6 heteroatoms. The molecule has 0 aromatic heterocycles. The summed E-state index contributed by atoms with van der Waals surface area (Å²) >= 11 is 0. The van der Waals surface area contributed by atoms with E-state index in [0.717, 1.165) is 6.42 Å². The van der Waals surface area contributed by atoms with Crippen molar-refractivity contribution in [1.29, 1.82) is 0 Å². The minimum absolute atomic E-state index is 0.0383. The van der Waals surface area contributed by atoms with E-state index in [2.05, 4.69) is 83.1 Å². The van der Waals surface area contributed by atoms with Crippen molar-refractivity contribution in [3.63, 3.8) is 0 Å². The van der Waals surface area contributed by atoms with Gasteiger partial charge in [0.1, 0.15) is 5.76 Å². The minimum Gasteiger partial charge on any atom is -0.415 e. The molecule has 0 unspecified atom stereocenters. The summed E-state index contributed by atoms with van der Waals surface area (Å²) < 4.78 is 13.2. The Kier molecular flexibility index (Phi) is 11.1. The van der Waals surface area contributed by atoms with Crippen LogP contribution in [0.25, 0.3) is 0 Å². The molecule has 0 aliphatic heterocycles. The topological polar surface area (TPSA) is 59.0 Å². The number of carbonyl (C=O) groups excluding carboxylic acids is 1. The van der Waals surface area contributed by atoms with Crippen molar-refractivity contribution in [1.82, 2.24) is 4.90 Å². The monoisotopic (exact) mass is 579 g/mol. The van der Waals surface area contributed by atoms with Gasteiger partial charge >= 0.3 is 6.09 Å². The number of aliphatic hydroxyl groups is 1. The fraction of sp³-hybridized carbons (Fsp3) is 0.571. The molecule has 226 valence electrons. The van der Waals surface area contributed by atoms with Crippen LogP contribution in [0.2, 0.25) is 5.04 Å². The van der Waals surface area contributed by atoms with Gasteiger partial charge in [0, 0.05) is 24.4 Å². The van der Waals surface area contributed by atoms with Crippen molar-refractivity contribution >= 4 is 24.8 Å². The van der Waals surface area contributed by atoms with Gasteiger partial charge in [0.15, 0.2) is 0 Å². The van der Waals surface area contributed by atoms with Crippen LogP contribution >= 0.6 is 0 Å². The highest BCUT2D eigenvalue weighted by atomic mass is 28.4. The number of carbonyl (C=O) groups is 1. The van der Waals surface area contributed by atoms with E-state index in [1.165, 1.54) is 10.4 Å². The smallest absolute Gasteiger partial charge is 0.415 e. The summed E-state index contributed by atoms with van der Waals surface area (Å²) in [6.07, 6.45) is 2.03. The maximum absolute atomic E-state index is 13.1. The van der Waals surface area contributed by atoms with Gasteiger partial charge in [-0.2, -0.15) is 0 Å². The molecule has 1 amide bonds. The van der Waals surface area contributed by atoms with Crippen LogP contribution in [0.5, 0.6) is 0 Å². The van der Waals surface area contributed by atoms with Gasteiger partial charge in [-0.3, -0.25) is 0 Å². The first-order valence-corrected chi connectivity index (χ1v) is 17.3. The van der Waals surface area contributed by atoms with Crippen LogP contribution in [0.4, 0.5) is 4.79 Å². The zero-order valence-electron chi connectivity index (χ0n) is 26.9. The molecule has 0 spiro atoms. The largest absolute Gasteiger partial charge is 0.415 e. The summed E-state index contributed by atoms with van der Waals surface area (Å²) in [6.45, 7) is 21.2. The van der Waals surface area contributed by atoms with Gasteiger partial charge in [0.25, 0.3) is 8.32 Å². The molecule has 0 radical (unpaired) electrons. The van der Waals surface area contributed by atoms with Crippen LogP contribution in [0.1, 0.15) is 82.1 Å². The summed E-state index contributed by atoms with van der Waals surface area (Å²) in [5, 5.41) is 14.2. The highest BCUT2D eigenvalue weighted by molar-refractivity contribution is 6.99. The molecule has 4 atom stereocenters. The summed E-state index contributed by atoms with van der Waals surface area (Å²) in [5.74, 6) is 1.08. The molecule has 41 heavy (non-hydrogen) atoms. The van der Waals surface area contributed by atoms with E-state index in [1.807, 2.05) is 52.8 Å². The lowest BCUT2D eigenvalue weighted by Crippen LogP contribution is -2.68. The Bertz CT molecular complexity index is 1090. The maximum Gasteiger partial charge on any atom is 0.415 e. The molecule has 1 aliphatic carbocycles. The SMILES string of the molecule is CC(C)[C@H]1CCC(OC(=O)N(C(C)C)C(C)C)=C[C@@H]1[C@@H](O)[C@H](C)O[Si](c1ccccc1)(c1ccccc1)C(C)(C)C. The van der Waals surface area contributed by atoms with E-state index in [4.69, 9.17) is 9.16 Å². The molecule has 1 N–H and O–H groups in total. The van der Waals surface area contributed by atoms with Gasteiger partial charge in [-0.1, -0.05) is 95.3 Å². The number of hydrogen-bond donors (Lipinski definition) is 1. The average molecular weight is 580 g/mol. The second-order valence-corrected chi connectivity index (χ2v) is 17.8. The van der Waals surface area contributed by atoms with Gasteiger partial charge in [0.05, 0.1) is 12.2 Å². The molecule has 0 heterocycles. The zero-order valence-corrected chi connectivity index (χ0v) is 27.9. The first-order chi connectivity index (χ1) is 19.2. The molecule has 0 fully saturated rings. The highest BCUT2D eigenvalue weighted by Gasteiger charge is 2.52. The Labute approximate surface area is 250 Å². The van der Waals surface area contributed by atoms with Crippen LogP contribution in [-0.2, 0) is 9.16 Å². The number of amides is 1.